The maximum absolute atomic E-state index is 13.3. The quantitative estimate of drug-likeness (QED) is 0.317. The monoisotopic (exact) mass is 520 g/mol. The Hall–Kier alpha value is -4.23. The van der Waals surface area contributed by atoms with E-state index in [1.165, 1.54) is 6.42 Å². The molecule has 2 N–H and O–H groups in total. The number of aliphatic hydroxyl groups excluding tert-OH is 1. The normalized spacial score (nSPS) is 19.5. The van der Waals surface area contributed by atoms with E-state index in [9.17, 15) is 14.7 Å². The van der Waals surface area contributed by atoms with Crippen LogP contribution in [-0.4, -0.2) is 66.7 Å². The Morgan fingerprint density at radius 2 is 1.82 bits per heavy atom. The van der Waals surface area contributed by atoms with Gasteiger partial charge in [0.2, 0.25) is 0 Å². The number of imide groups is 1. The molecule has 1 aromatic carbocycles. The number of nitrogens with one attached hydrogen (secondary N) is 1. The first-order valence-corrected chi connectivity index (χ1v) is 13.3. The van der Waals surface area contributed by atoms with Crippen molar-refractivity contribution in [1.82, 2.24) is 29.1 Å². The second kappa shape index (κ2) is 9.20. The van der Waals surface area contributed by atoms with Crippen LogP contribution in [0.2, 0.25) is 0 Å². The minimum absolute atomic E-state index is 0.296. The van der Waals surface area contributed by atoms with E-state index in [0.29, 0.717) is 53.2 Å². The number of rotatable bonds is 4. The third kappa shape index (κ3) is 3.80. The van der Waals surface area contributed by atoms with Crippen molar-refractivity contribution in [1.29, 1.82) is 0 Å². The van der Waals surface area contributed by atoms with Crippen LogP contribution in [0.15, 0.2) is 48.9 Å². The Bertz CT molecular complexity index is 1730. The maximum Gasteiger partial charge on any atom is 0.261 e. The van der Waals surface area contributed by atoms with Gasteiger partial charge in [0.25, 0.3) is 11.8 Å². The van der Waals surface area contributed by atoms with Gasteiger partial charge < -0.3 is 9.67 Å². The average Bonchev–Trinajstić information content (AvgIpc) is 3.58. The highest BCUT2D eigenvalue weighted by Crippen LogP contribution is 2.39. The number of nitrogens with zero attached hydrogens (tertiary/aromatic N) is 5. The molecule has 0 spiro atoms. The van der Waals surface area contributed by atoms with Crippen molar-refractivity contribution >= 4 is 39.5 Å². The summed E-state index contributed by atoms with van der Waals surface area (Å²) < 4.78 is 3.94. The minimum Gasteiger partial charge on any atom is -0.365 e. The summed E-state index contributed by atoms with van der Waals surface area (Å²) >= 11 is 0. The number of aromatic nitrogens is 3. The summed E-state index contributed by atoms with van der Waals surface area (Å²) in [6.45, 7) is 3.55. The van der Waals surface area contributed by atoms with Crippen LogP contribution < -0.4 is 5.32 Å². The molecular formula is C30H28N6O3. The van der Waals surface area contributed by atoms with Crippen molar-refractivity contribution in [3.63, 3.8) is 0 Å². The van der Waals surface area contributed by atoms with Crippen molar-refractivity contribution in [2.24, 2.45) is 0 Å². The number of hydrogen-bond donors (Lipinski definition) is 2. The van der Waals surface area contributed by atoms with Gasteiger partial charge in [-0.3, -0.25) is 29.1 Å². The molecule has 0 saturated carbocycles. The summed E-state index contributed by atoms with van der Waals surface area (Å²) in [7, 11) is 0. The molecule has 1 atom stereocenters. The number of pyridine rings is 1. The van der Waals surface area contributed by atoms with E-state index in [1.807, 2.05) is 47.1 Å². The van der Waals surface area contributed by atoms with Gasteiger partial charge in [-0.2, -0.15) is 0 Å². The molecule has 3 aliphatic rings. The number of terminal acetylenes is 1. The van der Waals surface area contributed by atoms with Gasteiger partial charge in [0, 0.05) is 61.6 Å². The molecule has 1 unspecified atom stereocenters. The van der Waals surface area contributed by atoms with Crippen molar-refractivity contribution in [2.75, 3.05) is 19.6 Å². The molecule has 39 heavy (non-hydrogen) atoms. The molecule has 0 bridgehead atoms. The van der Waals surface area contributed by atoms with Crippen LogP contribution in [0.3, 0.4) is 0 Å². The standard InChI is InChI=1S/C30H28N6O3/c1-2-19-14-20-17-35(30(39)33-9-5-3-6-10-33)13-12-34-18-22(21(15-19)27(20)34)25-26(29(38)32-28(25)37)23-16-31-24-8-4-7-11-36(23)24/h1,4,7-8,11,14-16,18,30,39H,3,5-6,9-10,12-13,17H2,(H,32,37,38). The zero-order valence-corrected chi connectivity index (χ0v) is 21.4. The predicted molar refractivity (Wildman–Crippen MR) is 147 cm³/mol. The molecular weight excluding hydrogens is 492 g/mol. The number of likely N-dealkylation sites (tertiary alicyclic amines) is 1. The molecule has 2 amide bonds. The Balaban J connectivity index is 1.38. The third-order valence-electron chi connectivity index (χ3n) is 8.14. The lowest BCUT2D eigenvalue weighted by molar-refractivity contribution is -0.123. The van der Waals surface area contributed by atoms with Crippen LogP contribution in [0.25, 0.3) is 27.7 Å². The van der Waals surface area contributed by atoms with E-state index in [0.717, 1.165) is 42.4 Å². The molecule has 7 rings (SSSR count). The highest BCUT2D eigenvalue weighted by atomic mass is 16.3. The van der Waals surface area contributed by atoms with Crippen LogP contribution in [-0.2, 0) is 22.7 Å². The molecule has 196 valence electrons. The van der Waals surface area contributed by atoms with Gasteiger partial charge in [-0.15, -0.1) is 6.42 Å². The Labute approximate surface area is 225 Å². The number of fused-ring (bicyclic) bond motifs is 1. The topological polar surface area (TPSA) is 95.1 Å². The van der Waals surface area contributed by atoms with E-state index in [2.05, 4.69) is 30.6 Å². The molecule has 6 heterocycles. The number of imidazole rings is 1. The number of benzene rings is 1. The zero-order chi connectivity index (χ0) is 26.7. The maximum atomic E-state index is 13.3. The van der Waals surface area contributed by atoms with E-state index in [-0.39, 0.29) is 0 Å². The largest absolute Gasteiger partial charge is 0.365 e. The second-order valence-corrected chi connectivity index (χ2v) is 10.4. The molecule has 0 aliphatic carbocycles. The summed E-state index contributed by atoms with van der Waals surface area (Å²) in [6, 6.07) is 9.49. The van der Waals surface area contributed by atoms with Crippen molar-refractivity contribution in [3.8, 4) is 12.3 Å². The van der Waals surface area contributed by atoms with E-state index >= 15 is 0 Å². The summed E-state index contributed by atoms with van der Waals surface area (Å²) in [5.74, 6) is 1.87. The molecule has 1 saturated heterocycles. The first kappa shape index (κ1) is 23.9. The lowest BCUT2D eigenvalue weighted by atomic mass is 9.96. The molecule has 9 heteroatoms. The fourth-order valence-corrected chi connectivity index (χ4v) is 6.29. The fourth-order valence-electron chi connectivity index (χ4n) is 6.29. The fraction of sp³-hybridized carbons (Fsp3) is 0.300. The zero-order valence-electron chi connectivity index (χ0n) is 21.4. The predicted octanol–water partition coefficient (Wildman–Crippen LogP) is 2.41. The SMILES string of the molecule is C#Cc1cc2c3c(c1)c(C1=C(c4cnc5ccccn45)C(=O)NC1=O)cn3CCN(C(O)N1CCCCC1)C2. The molecule has 3 aromatic heterocycles. The Kier molecular flexibility index (Phi) is 5.63. The van der Waals surface area contributed by atoms with Gasteiger partial charge in [0.05, 0.1) is 28.6 Å². The second-order valence-electron chi connectivity index (χ2n) is 10.4. The number of carbonyl (C=O) groups excluding carboxylic acids is 2. The van der Waals surface area contributed by atoms with Gasteiger partial charge in [0.1, 0.15) is 5.65 Å². The highest BCUT2D eigenvalue weighted by Gasteiger charge is 2.36. The van der Waals surface area contributed by atoms with Gasteiger partial charge in [0.15, 0.2) is 6.35 Å². The first-order chi connectivity index (χ1) is 19.0. The Morgan fingerprint density at radius 1 is 1.00 bits per heavy atom. The number of piperidine rings is 1. The molecule has 3 aliphatic heterocycles. The van der Waals surface area contributed by atoms with Crippen LogP contribution in [0.5, 0.6) is 0 Å². The summed E-state index contributed by atoms with van der Waals surface area (Å²) in [4.78, 5) is 35.1. The van der Waals surface area contributed by atoms with Crippen LogP contribution >= 0.6 is 0 Å². The van der Waals surface area contributed by atoms with Crippen LogP contribution in [0, 0.1) is 12.3 Å². The van der Waals surface area contributed by atoms with E-state index < -0.39 is 18.2 Å². The van der Waals surface area contributed by atoms with Crippen LogP contribution in [0.1, 0.15) is 41.6 Å². The number of hydrogen-bond acceptors (Lipinski definition) is 6. The van der Waals surface area contributed by atoms with E-state index in [4.69, 9.17) is 6.42 Å². The first-order valence-electron chi connectivity index (χ1n) is 13.3. The molecule has 4 aromatic rings. The number of amides is 2. The van der Waals surface area contributed by atoms with Crippen LogP contribution in [0.4, 0.5) is 0 Å². The minimum atomic E-state index is -0.665. The smallest absolute Gasteiger partial charge is 0.261 e. The number of carbonyl (C=O) groups is 2. The Morgan fingerprint density at radius 3 is 2.64 bits per heavy atom. The lowest BCUT2D eigenvalue weighted by Crippen LogP contribution is -2.50. The van der Waals surface area contributed by atoms with Crippen molar-refractivity contribution in [2.45, 2.75) is 38.7 Å². The summed E-state index contributed by atoms with van der Waals surface area (Å²) in [5.41, 5.74) is 5.17. The molecule has 9 nitrogen and oxygen atoms in total. The third-order valence-corrected chi connectivity index (χ3v) is 8.14. The van der Waals surface area contributed by atoms with Gasteiger partial charge in [-0.1, -0.05) is 18.4 Å². The lowest BCUT2D eigenvalue weighted by Gasteiger charge is -2.37. The van der Waals surface area contributed by atoms with E-state index in [1.54, 1.807) is 6.20 Å². The van der Waals surface area contributed by atoms with Crippen molar-refractivity contribution < 1.29 is 14.7 Å². The average molecular weight is 521 g/mol. The van der Waals surface area contributed by atoms with Crippen molar-refractivity contribution in [3.05, 3.63) is 71.3 Å². The van der Waals surface area contributed by atoms with Gasteiger partial charge in [-0.05, 0) is 42.7 Å². The molecule has 1 fully saturated rings. The highest BCUT2D eigenvalue weighted by molar-refractivity contribution is 6.49. The number of aliphatic hydroxyl groups is 1. The summed E-state index contributed by atoms with van der Waals surface area (Å²) in [5, 5.41) is 14.6. The molecule has 0 radical (unpaired) electrons. The summed E-state index contributed by atoms with van der Waals surface area (Å²) in [6.07, 6.45) is 14.0. The van der Waals surface area contributed by atoms with Gasteiger partial charge in [-0.25, -0.2) is 4.98 Å². The van der Waals surface area contributed by atoms with Gasteiger partial charge >= 0.3 is 0 Å².